The van der Waals surface area contributed by atoms with Gasteiger partial charge >= 0.3 is 12.1 Å². The number of rotatable bonds is 5. The molecule has 0 aromatic heterocycles. The largest absolute Gasteiger partial charge is 0.335 e. The summed E-state index contributed by atoms with van der Waals surface area (Å²) >= 11 is 1.90. The van der Waals surface area contributed by atoms with Gasteiger partial charge < -0.3 is 20.9 Å². The second-order valence-corrected chi connectivity index (χ2v) is 10.5. The smallest absolute Gasteiger partial charge is 0.321 e. The van der Waals surface area contributed by atoms with Crippen LogP contribution in [-0.4, -0.2) is 47.4 Å². The van der Waals surface area contributed by atoms with Crippen LogP contribution >= 0.6 is 11.8 Å². The molecule has 2 saturated carbocycles. The predicted octanol–water partition coefficient (Wildman–Crippen LogP) is 5.35. The van der Waals surface area contributed by atoms with Crippen molar-refractivity contribution in [3.05, 3.63) is 24.3 Å². The number of piperidine rings is 1. The lowest BCUT2D eigenvalue weighted by molar-refractivity contribution is 0.186. The summed E-state index contributed by atoms with van der Waals surface area (Å²) in [6.45, 7) is 1.33. The molecule has 31 heavy (non-hydrogen) atoms. The van der Waals surface area contributed by atoms with Crippen LogP contribution in [0.25, 0.3) is 0 Å². The number of benzene rings is 1. The van der Waals surface area contributed by atoms with E-state index in [1.165, 1.54) is 49.8 Å². The average Bonchev–Trinajstić information content (AvgIpc) is 3.29. The summed E-state index contributed by atoms with van der Waals surface area (Å²) in [5.41, 5.74) is 0.913. The zero-order chi connectivity index (χ0) is 21.5. The van der Waals surface area contributed by atoms with Crippen molar-refractivity contribution in [3.8, 4) is 0 Å². The first-order valence-electron chi connectivity index (χ1n) is 12.1. The van der Waals surface area contributed by atoms with E-state index in [1.807, 2.05) is 34.9 Å². The molecule has 6 nitrogen and oxygen atoms in total. The molecule has 170 valence electrons. The Labute approximate surface area is 190 Å². The second kappa shape index (κ2) is 11.1. The van der Waals surface area contributed by atoms with Gasteiger partial charge in [0.15, 0.2) is 0 Å². The summed E-state index contributed by atoms with van der Waals surface area (Å²) in [4.78, 5) is 28.2. The van der Waals surface area contributed by atoms with Gasteiger partial charge in [-0.3, -0.25) is 0 Å². The molecule has 3 aliphatic rings. The van der Waals surface area contributed by atoms with Crippen LogP contribution in [-0.2, 0) is 0 Å². The molecular formula is C24H36N4O2S. The third-order valence-corrected chi connectivity index (χ3v) is 8.20. The van der Waals surface area contributed by atoms with Gasteiger partial charge in [0.25, 0.3) is 0 Å². The number of nitrogens with zero attached hydrogens (tertiary/aromatic N) is 1. The molecule has 0 bridgehead atoms. The molecule has 3 N–H and O–H groups in total. The predicted molar refractivity (Wildman–Crippen MR) is 127 cm³/mol. The summed E-state index contributed by atoms with van der Waals surface area (Å²) in [6.07, 6.45) is 12.6. The zero-order valence-corrected chi connectivity index (χ0v) is 19.2. The van der Waals surface area contributed by atoms with Gasteiger partial charge in [-0.1, -0.05) is 44.2 Å². The van der Waals surface area contributed by atoms with Crippen LogP contribution < -0.4 is 16.0 Å². The van der Waals surface area contributed by atoms with Crippen molar-refractivity contribution in [2.45, 2.75) is 92.9 Å². The van der Waals surface area contributed by atoms with Gasteiger partial charge in [0.1, 0.15) is 0 Å². The summed E-state index contributed by atoms with van der Waals surface area (Å²) in [6, 6.07) is 8.51. The Morgan fingerprint density at radius 2 is 1.42 bits per heavy atom. The van der Waals surface area contributed by atoms with Gasteiger partial charge in [-0.25, -0.2) is 9.59 Å². The van der Waals surface area contributed by atoms with Gasteiger partial charge in [0, 0.05) is 35.3 Å². The van der Waals surface area contributed by atoms with Crippen LogP contribution in [0.4, 0.5) is 15.3 Å². The molecule has 1 heterocycles. The number of thioether (sulfide) groups is 1. The number of hydrogen-bond donors (Lipinski definition) is 3. The lowest BCUT2D eigenvalue weighted by atomic mass is 9.96. The third kappa shape index (κ3) is 6.55. The first-order chi connectivity index (χ1) is 15.2. The Morgan fingerprint density at radius 1 is 0.806 bits per heavy atom. The number of carbonyl (C=O) groups excluding carboxylic acids is 2. The number of nitrogens with one attached hydrogen (secondary N) is 3. The molecule has 2 aliphatic carbocycles. The van der Waals surface area contributed by atoms with Crippen LogP contribution in [0.15, 0.2) is 29.2 Å². The maximum Gasteiger partial charge on any atom is 0.321 e. The van der Waals surface area contributed by atoms with Crippen LogP contribution in [0.3, 0.4) is 0 Å². The number of likely N-dealkylation sites (tertiary alicyclic amines) is 1. The van der Waals surface area contributed by atoms with Gasteiger partial charge in [-0.2, -0.15) is 0 Å². The molecule has 1 aromatic carbocycles. The van der Waals surface area contributed by atoms with E-state index in [0.29, 0.717) is 24.4 Å². The first-order valence-corrected chi connectivity index (χ1v) is 12.9. The highest BCUT2D eigenvalue weighted by atomic mass is 32.2. The molecule has 0 unspecified atom stereocenters. The van der Waals surface area contributed by atoms with E-state index >= 15 is 0 Å². The maximum absolute atomic E-state index is 12.9. The zero-order valence-electron chi connectivity index (χ0n) is 18.4. The minimum atomic E-state index is -0.0485. The van der Waals surface area contributed by atoms with Crippen molar-refractivity contribution in [2.24, 2.45) is 0 Å². The van der Waals surface area contributed by atoms with E-state index < -0.39 is 0 Å². The fourth-order valence-corrected chi connectivity index (χ4v) is 6.27. The molecule has 7 heteroatoms. The van der Waals surface area contributed by atoms with E-state index in [4.69, 9.17) is 0 Å². The molecule has 1 aliphatic heterocycles. The highest BCUT2D eigenvalue weighted by molar-refractivity contribution is 8.00. The van der Waals surface area contributed by atoms with Crippen molar-refractivity contribution in [3.63, 3.8) is 0 Å². The van der Waals surface area contributed by atoms with Crippen molar-refractivity contribution in [2.75, 3.05) is 18.4 Å². The van der Waals surface area contributed by atoms with Gasteiger partial charge in [0.05, 0.1) is 5.69 Å². The van der Waals surface area contributed by atoms with Crippen molar-refractivity contribution < 1.29 is 9.59 Å². The number of hydrogen-bond acceptors (Lipinski definition) is 3. The topological polar surface area (TPSA) is 73.5 Å². The quantitative estimate of drug-likeness (QED) is 0.573. The standard InChI is InChI=1S/C24H36N4O2S/c29-23(25-18-8-2-1-3-9-18)26-19-14-16-28(17-15-19)24(30)27-21-12-6-7-13-22(21)31-20-10-4-5-11-20/h6-7,12-13,18-20H,1-5,8-11,14-17H2,(H,27,30)(H2,25,26,29). The molecule has 1 saturated heterocycles. The van der Waals surface area contributed by atoms with E-state index in [0.717, 1.165) is 31.4 Å². The number of anilines is 1. The normalized spacial score (nSPS) is 21.1. The van der Waals surface area contributed by atoms with Crippen LogP contribution in [0, 0.1) is 0 Å². The Bertz CT molecular complexity index is 739. The van der Waals surface area contributed by atoms with Crippen LogP contribution in [0.1, 0.15) is 70.6 Å². The molecule has 0 radical (unpaired) electrons. The van der Waals surface area contributed by atoms with Crippen LogP contribution in [0.5, 0.6) is 0 Å². The third-order valence-electron chi connectivity index (χ3n) is 6.78. The fraction of sp³-hybridized carbons (Fsp3) is 0.667. The first kappa shape index (κ1) is 22.3. The molecule has 1 aromatic rings. The molecule has 0 spiro atoms. The number of para-hydroxylation sites is 1. The average molecular weight is 445 g/mol. The Morgan fingerprint density at radius 3 is 2.13 bits per heavy atom. The second-order valence-electron chi connectivity index (χ2n) is 9.16. The van der Waals surface area contributed by atoms with E-state index in [2.05, 4.69) is 22.0 Å². The van der Waals surface area contributed by atoms with Crippen molar-refractivity contribution >= 4 is 29.5 Å². The molecular weight excluding hydrogens is 408 g/mol. The SMILES string of the molecule is O=C(NC1CCCCC1)NC1CCN(C(=O)Nc2ccccc2SC2CCCC2)CC1. The summed E-state index contributed by atoms with van der Waals surface area (Å²) in [7, 11) is 0. The number of amides is 4. The summed E-state index contributed by atoms with van der Waals surface area (Å²) in [5.74, 6) is 0. The van der Waals surface area contributed by atoms with E-state index in [9.17, 15) is 9.59 Å². The highest BCUT2D eigenvalue weighted by Gasteiger charge is 2.26. The highest BCUT2D eigenvalue weighted by Crippen LogP contribution is 2.38. The number of urea groups is 2. The molecule has 3 fully saturated rings. The monoisotopic (exact) mass is 444 g/mol. The number of carbonyl (C=O) groups is 2. The molecule has 4 amide bonds. The Kier molecular flexibility index (Phi) is 8.00. The summed E-state index contributed by atoms with van der Waals surface area (Å²) < 4.78 is 0. The molecule has 4 rings (SSSR count). The summed E-state index contributed by atoms with van der Waals surface area (Å²) in [5, 5.41) is 10.0. The van der Waals surface area contributed by atoms with Gasteiger partial charge in [-0.05, 0) is 50.7 Å². The fourth-order valence-electron chi connectivity index (χ4n) is 4.94. The van der Waals surface area contributed by atoms with Crippen molar-refractivity contribution in [1.29, 1.82) is 0 Å². The maximum atomic E-state index is 12.9. The lowest BCUT2D eigenvalue weighted by Gasteiger charge is -2.33. The van der Waals surface area contributed by atoms with Gasteiger partial charge in [0.2, 0.25) is 0 Å². The van der Waals surface area contributed by atoms with Crippen LogP contribution in [0.2, 0.25) is 0 Å². The Hall–Kier alpha value is -1.89. The molecule has 0 atom stereocenters. The minimum Gasteiger partial charge on any atom is -0.335 e. The Balaban J connectivity index is 1.22. The van der Waals surface area contributed by atoms with Crippen molar-refractivity contribution in [1.82, 2.24) is 15.5 Å². The van der Waals surface area contributed by atoms with Gasteiger partial charge in [-0.15, -0.1) is 11.8 Å². The lowest BCUT2D eigenvalue weighted by Crippen LogP contribution is -2.51. The van der Waals surface area contributed by atoms with E-state index in [-0.39, 0.29) is 18.1 Å². The van der Waals surface area contributed by atoms with E-state index in [1.54, 1.807) is 0 Å². The minimum absolute atomic E-state index is 0.0374.